The van der Waals surface area contributed by atoms with Crippen molar-refractivity contribution in [2.24, 2.45) is 0 Å². The highest BCUT2D eigenvalue weighted by atomic mass is 19.4. The minimum atomic E-state index is -4.48. The first-order chi connectivity index (χ1) is 14.8. The molecule has 1 saturated heterocycles. The first-order valence-corrected chi connectivity index (χ1v) is 9.63. The van der Waals surface area contributed by atoms with E-state index < -0.39 is 23.9 Å². The van der Waals surface area contributed by atoms with Crippen LogP contribution in [0.4, 0.5) is 29.5 Å². The van der Waals surface area contributed by atoms with Crippen molar-refractivity contribution in [3.05, 3.63) is 48.2 Å². The maximum absolute atomic E-state index is 12.7. The maximum atomic E-state index is 12.7. The molecule has 0 bridgehead atoms. The van der Waals surface area contributed by atoms with E-state index in [1.54, 1.807) is 12.3 Å². The van der Waals surface area contributed by atoms with Crippen LogP contribution in [0.5, 0.6) is 5.75 Å². The second-order valence-corrected chi connectivity index (χ2v) is 6.83. The first-order valence-electron chi connectivity index (χ1n) is 9.63. The molecule has 1 atom stereocenters. The number of amides is 2. The van der Waals surface area contributed by atoms with Gasteiger partial charge >= 0.3 is 12.2 Å². The summed E-state index contributed by atoms with van der Waals surface area (Å²) in [5.74, 6) is 0.312. The number of aliphatic hydroxyl groups excluding tert-OH is 1. The Morgan fingerprint density at radius 2 is 2.03 bits per heavy atom. The molecule has 1 fully saturated rings. The maximum Gasteiger partial charge on any atom is 0.416 e. The Labute approximate surface area is 177 Å². The van der Waals surface area contributed by atoms with Crippen LogP contribution in [0.2, 0.25) is 0 Å². The zero-order chi connectivity index (χ0) is 22.3. The minimum absolute atomic E-state index is 0.0251. The van der Waals surface area contributed by atoms with Crippen LogP contribution >= 0.6 is 0 Å². The summed E-state index contributed by atoms with van der Waals surface area (Å²) in [5.41, 5.74) is 0.0838. The van der Waals surface area contributed by atoms with Gasteiger partial charge in [0.05, 0.1) is 30.7 Å². The molecule has 1 unspecified atom stereocenters. The zero-order valence-electron chi connectivity index (χ0n) is 16.6. The Balaban J connectivity index is 1.40. The van der Waals surface area contributed by atoms with Gasteiger partial charge in [0.2, 0.25) is 0 Å². The fourth-order valence-corrected chi connectivity index (χ4v) is 2.85. The number of urea groups is 1. The number of hydrogen-bond acceptors (Lipinski definition) is 6. The van der Waals surface area contributed by atoms with Crippen molar-refractivity contribution >= 4 is 17.5 Å². The number of hydrogen-bond donors (Lipinski definition) is 3. The average Bonchev–Trinajstić information content (AvgIpc) is 2.77. The number of morpholine rings is 1. The smallest absolute Gasteiger partial charge is 0.416 e. The van der Waals surface area contributed by atoms with Crippen molar-refractivity contribution in [3.8, 4) is 5.75 Å². The average molecular weight is 440 g/mol. The Bertz CT molecular complexity index is 858. The highest BCUT2D eigenvalue weighted by Gasteiger charge is 2.30. The van der Waals surface area contributed by atoms with Crippen LogP contribution in [-0.4, -0.2) is 61.7 Å². The Kier molecular flexibility index (Phi) is 7.53. The molecule has 2 amide bonds. The summed E-state index contributed by atoms with van der Waals surface area (Å²) in [6.07, 6.45) is -3.94. The third-order valence-corrected chi connectivity index (χ3v) is 4.47. The third-order valence-electron chi connectivity index (χ3n) is 4.47. The van der Waals surface area contributed by atoms with E-state index in [9.17, 15) is 23.1 Å². The van der Waals surface area contributed by atoms with Crippen molar-refractivity contribution in [3.63, 3.8) is 0 Å². The van der Waals surface area contributed by atoms with Crippen molar-refractivity contribution in [2.75, 3.05) is 49.7 Å². The SMILES string of the molecule is O=C(NCC(O)COc1cccc(C(F)(F)F)c1)Nc1ccc(N2CCOCC2)cn1. The largest absolute Gasteiger partial charge is 0.491 e. The van der Waals surface area contributed by atoms with E-state index in [-0.39, 0.29) is 18.9 Å². The highest BCUT2D eigenvalue weighted by Crippen LogP contribution is 2.31. The van der Waals surface area contributed by atoms with E-state index in [1.807, 2.05) is 6.07 Å². The van der Waals surface area contributed by atoms with E-state index in [0.29, 0.717) is 19.0 Å². The lowest BCUT2D eigenvalue weighted by molar-refractivity contribution is -0.137. The molecule has 1 aromatic carbocycles. The lowest BCUT2D eigenvalue weighted by Gasteiger charge is -2.28. The Morgan fingerprint density at radius 3 is 2.71 bits per heavy atom. The van der Waals surface area contributed by atoms with Crippen LogP contribution in [0.1, 0.15) is 5.56 Å². The number of rotatable bonds is 7. The van der Waals surface area contributed by atoms with Crippen LogP contribution in [0, 0.1) is 0 Å². The van der Waals surface area contributed by atoms with E-state index in [4.69, 9.17) is 9.47 Å². The number of pyridine rings is 1. The van der Waals surface area contributed by atoms with Crippen molar-refractivity contribution < 1.29 is 32.5 Å². The van der Waals surface area contributed by atoms with Gasteiger partial charge in [-0.2, -0.15) is 13.2 Å². The molecule has 8 nitrogen and oxygen atoms in total. The van der Waals surface area contributed by atoms with Gasteiger partial charge in [0.15, 0.2) is 0 Å². The number of nitrogens with one attached hydrogen (secondary N) is 2. The number of nitrogens with zero attached hydrogens (tertiary/aromatic N) is 2. The Hall–Kier alpha value is -3.05. The van der Waals surface area contributed by atoms with Crippen molar-refractivity contribution in [1.29, 1.82) is 0 Å². The molecule has 0 radical (unpaired) electrons. The summed E-state index contributed by atoms with van der Waals surface area (Å²) in [6, 6.07) is 7.27. The van der Waals surface area contributed by atoms with Crippen molar-refractivity contribution in [1.82, 2.24) is 10.3 Å². The first kappa shape index (κ1) is 22.6. The number of carbonyl (C=O) groups is 1. The van der Waals surface area contributed by atoms with Gasteiger partial charge in [-0.3, -0.25) is 5.32 Å². The van der Waals surface area contributed by atoms with E-state index in [1.165, 1.54) is 12.1 Å². The van der Waals surface area contributed by atoms with Crippen LogP contribution in [0.3, 0.4) is 0 Å². The monoisotopic (exact) mass is 440 g/mol. The molecule has 11 heteroatoms. The topological polar surface area (TPSA) is 96.0 Å². The van der Waals surface area contributed by atoms with Gasteiger partial charge in [-0.25, -0.2) is 9.78 Å². The fraction of sp³-hybridized carbons (Fsp3) is 0.400. The molecule has 168 valence electrons. The number of ether oxygens (including phenoxy) is 2. The van der Waals surface area contributed by atoms with Gasteiger partial charge in [-0.1, -0.05) is 6.07 Å². The van der Waals surface area contributed by atoms with Gasteiger partial charge in [0, 0.05) is 19.6 Å². The molecule has 0 spiro atoms. The van der Waals surface area contributed by atoms with Crippen LogP contribution in [0.25, 0.3) is 0 Å². The molecule has 31 heavy (non-hydrogen) atoms. The summed E-state index contributed by atoms with van der Waals surface area (Å²) < 4.78 is 48.6. The summed E-state index contributed by atoms with van der Waals surface area (Å²) in [5, 5.41) is 14.9. The molecule has 2 heterocycles. The number of benzene rings is 1. The molecule has 1 aliphatic rings. The summed E-state index contributed by atoms with van der Waals surface area (Å²) in [6.45, 7) is 2.42. The second-order valence-electron chi connectivity index (χ2n) is 6.83. The highest BCUT2D eigenvalue weighted by molar-refractivity contribution is 5.88. The molecule has 3 N–H and O–H groups in total. The number of anilines is 2. The van der Waals surface area contributed by atoms with Crippen LogP contribution < -0.4 is 20.3 Å². The molecular weight excluding hydrogens is 417 g/mol. The second kappa shape index (κ2) is 10.3. The molecule has 2 aromatic rings. The number of aliphatic hydroxyl groups is 1. The van der Waals surface area contributed by atoms with Crippen LogP contribution in [-0.2, 0) is 10.9 Å². The third kappa shape index (κ3) is 7.00. The van der Waals surface area contributed by atoms with E-state index >= 15 is 0 Å². The number of alkyl halides is 3. The molecule has 3 rings (SSSR count). The molecule has 0 saturated carbocycles. The molecule has 1 aromatic heterocycles. The van der Waals surface area contributed by atoms with Gasteiger partial charge in [0.25, 0.3) is 0 Å². The summed E-state index contributed by atoms with van der Waals surface area (Å²) in [7, 11) is 0. The normalized spacial score (nSPS) is 15.3. The molecular formula is C20H23F3N4O4. The summed E-state index contributed by atoms with van der Waals surface area (Å²) in [4.78, 5) is 18.3. The van der Waals surface area contributed by atoms with Gasteiger partial charge < -0.3 is 24.8 Å². The van der Waals surface area contributed by atoms with Crippen molar-refractivity contribution in [2.45, 2.75) is 12.3 Å². The number of carbonyl (C=O) groups excluding carboxylic acids is 1. The number of halogens is 3. The lowest BCUT2D eigenvalue weighted by atomic mass is 10.2. The van der Waals surface area contributed by atoms with Crippen LogP contribution in [0.15, 0.2) is 42.6 Å². The summed E-state index contributed by atoms with van der Waals surface area (Å²) >= 11 is 0. The predicted octanol–water partition coefficient (Wildman–Crippen LogP) is 2.50. The minimum Gasteiger partial charge on any atom is -0.491 e. The van der Waals surface area contributed by atoms with E-state index in [0.717, 1.165) is 30.9 Å². The van der Waals surface area contributed by atoms with Gasteiger partial charge in [-0.05, 0) is 30.3 Å². The number of aromatic nitrogens is 1. The molecule has 0 aliphatic carbocycles. The van der Waals surface area contributed by atoms with Gasteiger partial charge in [-0.15, -0.1) is 0 Å². The zero-order valence-corrected chi connectivity index (χ0v) is 16.6. The Morgan fingerprint density at radius 1 is 1.26 bits per heavy atom. The fourth-order valence-electron chi connectivity index (χ4n) is 2.85. The predicted molar refractivity (Wildman–Crippen MR) is 107 cm³/mol. The lowest BCUT2D eigenvalue weighted by Crippen LogP contribution is -2.38. The standard InChI is InChI=1S/C20H23F3N4O4/c21-20(22,23)14-2-1-3-17(10-14)31-13-16(28)12-25-19(29)26-18-5-4-15(11-24-18)27-6-8-30-9-7-27/h1-5,10-11,16,28H,6-9,12-13H2,(H2,24,25,26,29). The van der Waals surface area contributed by atoms with E-state index in [2.05, 4.69) is 20.5 Å². The quantitative estimate of drug-likeness (QED) is 0.612. The molecule has 1 aliphatic heterocycles. The van der Waals surface area contributed by atoms with Gasteiger partial charge in [0.1, 0.15) is 24.3 Å².